The molecule has 0 bridgehead atoms. The molecule has 0 aliphatic rings. The van der Waals surface area contributed by atoms with E-state index in [2.05, 4.69) is 53.5 Å². The third-order valence-corrected chi connectivity index (χ3v) is 4.05. The number of nitrogens with zero attached hydrogens (tertiary/aromatic N) is 1. The van der Waals surface area contributed by atoms with Crippen molar-refractivity contribution in [2.24, 2.45) is 0 Å². The van der Waals surface area contributed by atoms with Crippen LogP contribution in [0.15, 0.2) is 54.0 Å². The van der Waals surface area contributed by atoms with Crippen molar-refractivity contribution in [2.75, 3.05) is 0 Å². The molecule has 17 heavy (non-hydrogen) atoms. The lowest BCUT2D eigenvalue weighted by atomic mass is 10.0. The Morgan fingerprint density at radius 1 is 0.824 bits per heavy atom. The van der Waals surface area contributed by atoms with E-state index in [0.717, 1.165) is 5.52 Å². The first-order chi connectivity index (χ1) is 8.42. The van der Waals surface area contributed by atoms with Crippen LogP contribution in [-0.4, -0.2) is 4.98 Å². The van der Waals surface area contributed by atoms with Crippen LogP contribution in [0.4, 0.5) is 0 Å². The minimum atomic E-state index is 1.10. The van der Waals surface area contributed by atoms with Gasteiger partial charge in [0, 0.05) is 5.39 Å². The highest BCUT2D eigenvalue weighted by Crippen LogP contribution is 2.31. The largest absolute Gasteiger partial charge is 0.245 e. The van der Waals surface area contributed by atoms with Crippen LogP contribution in [0.2, 0.25) is 0 Å². The Labute approximate surface area is 102 Å². The number of rotatable bonds is 0. The summed E-state index contributed by atoms with van der Waals surface area (Å²) in [5, 5.41) is 5.19. The minimum Gasteiger partial charge on any atom is -0.245 e. The molecule has 3 aromatic carbocycles. The van der Waals surface area contributed by atoms with E-state index >= 15 is 0 Å². The van der Waals surface area contributed by atoms with Gasteiger partial charge in [0.15, 0.2) is 0 Å². The van der Waals surface area contributed by atoms with Gasteiger partial charge in [-0.1, -0.05) is 30.3 Å². The first kappa shape index (κ1) is 9.14. The fourth-order valence-electron chi connectivity index (χ4n) is 2.34. The number of hydrogen-bond donors (Lipinski definition) is 0. The predicted molar refractivity (Wildman–Crippen MR) is 74.6 cm³/mol. The molecule has 0 N–H and O–H groups in total. The molecule has 2 heteroatoms. The normalized spacial score (nSPS) is 11.5. The highest BCUT2D eigenvalue weighted by atomic mass is 32.1. The zero-order valence-corrected chi connectivity index (χ0v) is 9.87. The minimum absolute atomic E-state index is 1.10. The summed E-state index contributed by atoms with van der Waals surface area (Å²) in [6.07, 6.45) is 0. The standard InChI is InChI=1S/C15H9NS/c1-2-4-11-8-13-12(7-10(11)3-1)5-6-14-15(13)17-9-16-14/h1-9H. The van der Waals surface area contributed by atoms with E-state index in [1.807, 2.05) is 5.51 Å². The van der Waals surface area contributed by atoms with Crippen LogP contribution < -0.4 is 0 Å². The molecule has 1 heterocycles. The average Bonchev–Trinajstić information content (AvgIpc) is 2.85. The van der Waals surface area contributed by atoms with Crippen LogP contribution in [-0.2, 0) is 0 Å². The molecule has 0 radical (unpaired) electrons. The van der Waals surface area contributed by atoms with Crippen molar-refractivity contribution in [3.63, 3.8) is 0 Å². The summed E-state index contributed by atoms with van der Waals surface area (Å²) >= 11 is 1.71. The van der Waals surface area contributed by atoms with Crippen molar-refractivity contribution >= 4 is 43.1 Å². The van der Waals surface area contributed by atoms with Crippen molar-refractivity contribution in [1.29, 1.82) is 0 Å². The van der Waals surface area contributed by atoms with Crippen LogP contribution in [0.25, 0.3) is 31.8 Å². The summed E-state index contributed by atoms with van der Waals surface area (Å²) < 4.78 is 1.29. The van der Waals surface area contributed by atoms with Gasteiger partial charge in [0.25, 0.3) is 0 Å². The second-order valence-corrected chi connectivity index (χ2v) is 5.04. The Morgan fingerprint density at radius 3 is 2.53 bits per heavy atom. The first-order valence-electron chi connectivity index (χ1n) is 5.56. The monoisotopic (exact) mass is 235 g/mol. The molecule has 0 aliphatic heterocycles. The summed E-state index contributed by atoms with van der Waals surface area (Å²) in [7, 11) is 0. The number of hydrogen-bond acceptors (Lipinski definition) is 2. The highest BCUT2D eigenvalue weighted by Gasteiger charge is 2.04. The first-order valence-corrected chi connectivity index (χ1v) is 6.44. The number of benzene rings is 3. The maximum atomic E-state index is 4.37. The van der Waals surface area contributed by atoms with Gasteiger partial charge in [0.2, 0.25) is 0 Å². The van der Waals surface area contributed by atoms with E-state index in [-0.39, 0.29) is 0 Å². The molecule has 0 saturated heterocycles. The van der Waals surface area contributed by atoms with E-state index in [1.165, 1.54) is 26.2 Å². The van der Waals surface area contributed by atoms with Crippen molar-refractivity contribution < 1.29 is 0 Å². The van der Waals surface area contributed by atoms with E-state index < -0.39 is 0 Å². The summed E-state index contributed by atoms with van der Waals surface area (Å²) in [5.41, 5.74) is 3.01. The quantitative estimate of drug-likeness (QED) is 0.406. The summed E-state index contributed by atoms with van der Waals surface area (Å²) in [6.45, 7) is 0. The van der Waals surface area contributed by atoms with Gasteiger partial charge in [-0.05, 0) is 34.4 Å². The zero-order chi connectivity index (χ0) is 11.2. The molecular weight excluding hydrogens is 226 g/mol. The molecule has 0 saturated carbocycles. The topological polar surface area (TPSA) is 12.9 Å². The fraction of sp³-hybridized carbons (Fsp3) is 0. The number of fused-ring (bicyclic) bond motifs is 4. The van der Waals surface area contributed by atoms with Crippen molar-refractivity contribution in [1.82, 2.24) is 4.98 Å². The molecule has 0 amide bonds. The Morgan fingerprint density at radius 2 is 1.65 bits per heavy atom. The average molecular weight is 235 g/mol. The molecule has 4 rings (SSSR count). The molecule has 0 spiro atoms. The summed E-state index contributed by atoms with van der Waals surface area (Å²) in [6, 6.07) is 17.3. The third kappa shape index (κ3) is 1.28. The zero-order valence-electron chi connectivity index (χ0n) is 9.05. The van der Waals surface area contributed by atoms with Gasteiger partial charge in [-0.3, -0.25) is 0 Å². The highest BCUT2D eigenvalue weighted by molar-refractivity contribution is 7.17. The van der Waals surface area contributed by atoms with Crippen LogP contribution in [0, 0.1) is 0 Å². The predicted octanol–water partition coefficient (Wildman–Crippen LogP) is 4.60. The van der Waals surface area contributed by atoms with E-state index in [1.54, 1.807) is 11.3 Å². The smallest absolute Gasteiger partial charge is 0.0818 e. The molecule has 4 aromatic rings. The third-order valence-electron chi connectivity index (χ3n) is 3.18. The molecule has 0 atom stereocenters. The van der Waals surface area contributed by atoms with E-state index in [9.17, 15) is 0 Å². The van der Waals surface area contributed by atoms with Crippen molar-refractivity contribution in [2.45, 2.75) is 0 Å². The van der Waals surface area contributed by atoms with Crippen molar-refractivity contribution in [3.8, 4) is 0 Å². The van der Waals surface area contributed by atoms with Gasteiger partial charge in [-0.15, -0.1) is 11.3 Å². The van der Waals surface area contributed by atoms with Gasteiger partial charge < -0.3 is 0 Å². The molecule has 1 nitrogen and oxygen atoms in total. The van der Waals surface area contributed by atoms with E-state index in [4.69, 9.17) is 0 Å². The molecule has 0 aliphatic carbocycles. The van der Waals surface area contributed by atoms with Gasteiger partial charge in [0.1, 0.15) is 0 Å². The van der Waals surface area contributed by atoms with Crippen LogP contribution in [0.3, 0.4) is 0 Å². The van der Waals surface area contributed by atoms with Crippen LogP contribution in [0.5, 0.6) is 0 Å². The summed E-state index contributed by atoms with van der Waals surface area (Å²) in [4.78, 5) is 4.37. The van der Waals surface area contributed by atoms with Gasteiger partial charge in [-0.2, -0.15) is 0 Å². The molecule has 1 aromatic heterocycles. The molecule has 0 fully saturated rings. The van der Waals surface area contributed by atoms with Gasteiger partial charge >= 0.3 is 0 Å². The maximum absolute atomic E-state index is 4.37. The van der Waals surface area contributed by atoms with E-state index in [0.29, 0.717) is 0 Å². The Hall–Kier alpha value is -1.93. The van der Waals surface area contributed by atoms with Gasteiger partial charge in [0.05, 0.1) is 15.7 Å². The SMILES string of the molecule is c1ccc2cc3c(ccc4ncsc43)cc2c1. The molecule has 0 unspecified atom stereocenters. The Kier molecular flexibility index (Phi) is 1.76. The van der Waals surface area contributed by atoms with Crippen molar-refractivity contribution in [3.05, 3.63) is 54.0 Å². The lowest BCUT2D eigenvalue weighted by molar-refractivity contribution is 1.51. The Balaban J connectivity index is 2.29. The van der Waals surface area contributed by atoms with Crippen LogP contribution >= 0.6 is 11.3 Å². The Bertz CT molecular complexity index is 845. The number of thiazole rings is 1. The molecule has 80 valence electrons. The maximum Gasteiger partial charge on any atom is 0.0818 e. The lowest BCUT2D eigenvalue weighted by Crippen LogP contribution is -1.76. The fourth-order valence-corrected chi connectivity index (χ4v) is 3.15. The lowest BCUT2D eigenvalue weighted by Gasteiger charge is -2.02. The second-order valence-electron chi connectivity index (χ2n) is 4.19. The molecular formula is C15H9NS. The summed E-state index contributed by atoms with van der Waals surface area (Å²) in [5.74, 6) is 0. The van der Waals surface area contributed by atoms with Gasteiger partial charge in [-0.25, -0.2) is 4.98 Å². The second kappa shape index (κ2) is 3.28. The number of aromatic nitrogens is 1. The van der Waals surface area contributed by atoms with Crippen LogP contribution in [0.1, 0.15) is 0 Å².